The zero-order valence-electron chi connectivity index (χ0n) is 9.62. The van der Waals surface area contributed by atoms with Crippen LogP contribution < -0.4 is 9.47 Å². The van der Waals surface area contributed by atoms with Crippen LogP contribution >= 0.6 is 0 Å². The quantitative estimate of drug-likeness (QED) is 0.666. The van der Waals surface area contributed by atoms with Crippen molar-refractivity contribution in [3.63, 3.8) is 0 Å². The maximum Gasteiger partial charge on any atom is 0.161 e. The van der Waals surface area contributed by atoms with Gasteiger partial charge in [0, 0.05) is 6.54 Å². The van der Waals surface area contributed by atoms with E-state index in [1.54, 1.807) is 13.2 Å². The largest absolute Gasteiger partial charge is 0.493 e. The summed E-state index contributed by atoms with van der Waals surface area (Å²) >= 11 is 0. The molecule has 1 rings (SSSR count). The maximum atomic E-state index is 5.61. The molecular formula is C12H18NO2. The van der Waals surface area contributed by atoms with E-state index in [2.05, 4.69) is 25.1 Å². The fraction of sp³-hybridized carbons (Fsp3) is 0.500. The van der Waals surface area contributed by atoms with Gasteiger partial charge in [0.25, 0.3) is 0 Å². The van der Waals surface area contributed by atoms with E-state index < -0.39 is 0 Å². The van der Waals surface area contributed by atoms with Crippen LogP contribution in [-0.4, -0.2) is 39.3 Å². The summed E-state index contributed by atoms with van der Waals surface area (Å²) in [6.07, 6.45) is 1.01. The Kier molecular flexibility index (Phi) is 4.98. The predicted octanol–water partition coefficient (Wildman–Crippen LogP) is 1.83. The van der Waals surface area contributed by atoms with Crippen molar-refractivity contribution in [1.29, 1.82) is 0 Å². The molecule has 3 heteroatoms. The van der Waals surface area contributed by atoms with Crippen LogP contribution in [0, 0.1) is 6.07 Å². The smallest absolute Gasteiger partial charge is 0.161 e. The third-order valence-corrected chi connectivity index (χ3v) is 2.02. The molecule has 0 aliphatic carbocycles. The molecule has 15 heavy (non-hydrogen) atoms. The second-order valence-electron chi connectivity index (χ2n) is 3.58. The second kappa shape index (κ2) is 6.30. The zero-order valence-corrected chi connectivity index (χ0v) is 9.62. The fourth-order valence-corrected chi connectivity index (χ4v) is 1.24. The maximum absolute atomic E-state index is 5.61. The van der Waals surface area contributed by atoms with Crippen LogP contribution in [0.15, 0.2) is 18.2 Å². The lowest BCUT2D eigenvalue weighted by atomic mass is 10.3. The van der Waals surface area contributed by atoms with Crippen molar-refractivity contribution in [3.05, 3.63) is 24.3 Å². The van der Waals surface area contributed by atoms with Crippen molar-refractivity contribution in [2.45, 2.75) is 6.42 Å². The van der Waals surface area contributed by atoms with Crippen molar-refractivity contribution >= 4 is 0 Å². The van der Waals surface area contributed by atoms with E-state index in [0.717, 1.165) is 24.5 Å². The summed E-state index contributed by atoms with van der Waals surface area (Å²) in [6.45, 7) is 1.74. The van der Waals surface area contributed by atoms with E-state index in [1.807, 2.05) is 12.1 Å². The Bertz CT molecular complexity index is 287. The summed E-state index contributed by atoms with van der Waals surface area (Å²) < 4.78 is 10.8. The minimum Gasteiger partial charge on any atom is -0.493 e. The molecule has 83 valence electrons. The number of methoxy groups -OCH3 is 1. The fourth-order valence-electron chi connectivity index (χ4n) is 1.24. The van der Waals surface area contributed by atoms with Crippen molar-refractivity contribution in [3.8, 4) is 11.5 Å². The van der Waals surface area contributed by atoms with Gasteiger partial charge in [-0.3, -0.25) is 0 Å². The van der Waals surface area contributed by atoms with E-state index in [0.29, 0.717) is 6.61 Å². The molecule has 0 saturated carbocycles. The SMILES string of the molecule is COc1c[c]ccc1OCCCN(C)C. The topological polar surface area (TPSA) is 21.7 Å². The monoisotopic (exact) mass is 208 g/mol. The standard InChI is InChI=1S/C12H18NO2/c1-13(2)9-6-10-15-12-8-5-4-7-11(12)14-3/h5,7-8H,6,9-10H2,1-3H3. The third-order valence-electron chi connectivity index (χ3n) is 2.02. The number of ether oxygens (including phenoxy) is 2. The van der Waals surface area contributed by atoms with Crippen molar-refractivity contribution < 1.29 is 9.47 Å². The Morgan fingerprint density at radius 3 is 2.80 bits per heavy atom. The molecule has 0 saturated heterocycles. The van der Waals surface area contributed by atoms with Crippen LogP contribution in [0.3, 0.4) is 0 Å². The van der Waals surface area contributed by atoms with Crippen LogP contribution in [-0.2, 0) is 0 Å². The van der Waals surface area contributed by atoms with Gasteiger partial charge in [0.15, 0.2) is 11.5 Å². The Hall–Kier alpha value is -1.22. The Morgan fingerprint density at radius 2 is 2.13 bits per heavy atom. The highest BCUT2D eigenvalue weighted by molar-refractivity contribution is 5.38. The molecule has 0 amide bonds. The van der Waals surface area contributed by atoms with Gasteiger partial charge in [-0.25, -0.2) is 0 Å². The Balaban J connectivity index is 2.36. The molecule has 0 heterocycles. The average Bonchev–Trinajstić information content (AvgIpc) is 2.24. The highest BCUT2D eigenvalue weighted by atomic mass is 16.5. The lowest BCUT2D eigenvalue weighted by Gasteiger charge is -2.12. The van der Waals surface area contributed by atoms with Gasteiger partial charge in [0.1, 0.15) is 0 Å². The van der Waals surface area contributed by atoms with Gasteiger partial charge in [0.2, 0.25) is 0 Å². The number of hydrogen-bond donors (Lipinski definition) is 0. The Labute approximate surface area is 91.6 Å². The summed E-state index contributed by atoms with van der Waals surface area (Å²) in [5, 5.41) is 0. The summed E-state index contributed by atoms with van der Waals surface area (Å²) in [6, 6.07) is 8.42. The van der Waals surface area contributed by atoms with Crippen molar-refractivity contribution in [2.75, 3.05) is 34.4 Å². The van der Waals surface area contributed by atoms with Crippen LogP contribution in [0.2, 0.25) is 0 Å². The molecule has 0 spiro atoms. The minimum absolute atomic E-state index is 0.707. The van der Waals surface area contributed by atoms with Crippen LogP contribution in [0.1, 0.15) is 6.42 Å². The van der Waals surface area contributed by atoms with E-state index in [9.17, 15) is 0 Å². The summed E-state index contributed by atoms with van der Waals surface area (Å²) in [7, 11) is 5.74. The second-order valence-corrected chi connectivity index (χ2v) is 3.58. The van der Waals surface area contributed by atoms with Crippen molar-refractivity contribution in [1.82, 2.24) is 4.90 Å². The number of benzene rings is 1. The lowest BCUT2D eigenvalue weighted by Crippen LogP contribution is -2.15. The summed E-state index contributed by atoms with van der Waals surface area (Å²) in [5.74, 6) is 1.53. The Morgan fingerprint density at radius 1 is 1.33 bits per heavy atom. The molecule has 0 unspecified atom stereocenters. The molecule has 0 aliphatic heterocycles. The number of rotatable bonds is 6. The molecule has 1 aromatic rings. The summed E-state index contributed by atoms with van der Waals surface area (Å²) in [4.78, 5) is 2.14. The van der Waals surface area contributed by atoms with Gasteiger partial charge in [-0.05, 0) is 38.7 Å². The highest BCUT2D eigenvalue weighted by Crippen LogP contribution is 2.25. The molecule has 0 bridgehead atoms. The van der Waals surface area contributed by atoms with Gasteiger partial charge < -0.3 is 14.4 Å². The van der Waals surface area contributed by atoms with Gasteiger partial charge in [0.05, 0.1) is 13.7 Å². The first-order chi connectivity index (χ1) is 7.24. The molecule has 0 fully saturated rings. The van der Waals surface area contributed by atoms with Gasteiger partial charge in [-0.2, -0.15) is 0 Å². The highest BCUT2D eigenvalue weighted by Gasteiger charge is 2.01. The molecule has 0 aromatic heterocycles. The first kappa shape index (κ1) is 11.9. The van der Waals surface area contributed by atoms with Crippen molar-refractivity contribution in [2.24, 2.45) is 0 Å². The molecular weight excluding hydrogens is 190 g/mol. The molecule has 1 radical (unpaired) electrons. The molecule has 0 atom stereocenters. The first-order valence-corrected chi connectivity index (χ1v) is 5.05. The predicted molar refractivity (Wildman–Crippen MR) is 60.5 cm³/mol. The number of nitrogens with zero attached hydrogens (tertiary/aromatic N) is 1. The van der Waals surface area contributed by atoms with Crippen LogP contribution in [0.25, 0.3) is 0 Å². The van der Waals surface area contributed by atoms with Gasteiger partial charge in [-0.1, -0.05) is 6.07 Å². The molecule has 0 aliphatic rings. The normalized spacial score (nSPS) is 10.4. The van der Waals surface area contributed by atoms with Crippen LogP contribution in [0.5, 0.6) is 11.5 Å². The average molecular weight is 208 g/mol. The van der Waals surface area contributed by atoms with Gasteiger partial charge in [-0.15, -0.1) is 0 Å². The molecule has 0 N–H and O–H groups in total. The first-order valence-electron chi connectivity index (χ1n) is 5.05. The van der Waals surface area contributed by atoms with E-state index >= 15 is 0 Å². The van der Waals surface area contributed by atoms with E-state index in [1.165, 1.54) is 0 Å². The van der Waals surface area contributed by atoms with E-state index in [-0.39, 0.29) is 0 Å². The number of hydrogen-bond acceptors (Lipinski definition) is 3. The summed E-state index contributed by atoms with van der Waals surface area (Å²) in [5.41, 5.74) is 0. The third kappa shape index (κ3) is 4.21. The van der Waals surface area contributed by atoms with Gasteiger partial charge >= 0.3 is 0 Å². The molecule has 3 nitrogen and oxygen atoms in total. The lowest BCUT2D eigenvalue weighted by molar-refractivity contribution is 0.268. The van der Waals surface area contributed by atoms with E-state index in [4.69, 9.17) is 9.47 Å². The molecule has 1 aromatic carbocycles. The zero-order chi connectivity index (χ0) is 11.1. The van der Waals surface area contributed by atoms with Crippen LogP contribution in [0.4, 0.5) is 0 Å². The minimum atomic E-state index is 0.707.